The molecule has 21 heavy (non-hydrogen) atoms. The number of piperidine rings is 1. The number of halogens is 5. The molecule has 0 spiro atoms. The predicted octanol–water partition coefficient (Wildman–Crippen LogP) is 3.70. The van der Waals surface area contributed by atoms with Crippen LogP contribution in [0.2, 0.25) is 0 Å². The van der Waals surface area contributed by atoms with Crippen LogP contribution in [-0.2, 0) is 6.54 Å². The minimum Gasteiger partial charge on any atom is -0.310 e. The van der Waals surface area contributed by atoms with Crippen molar-refractivity contribution in [1.29, 1.82) is 0 Å². The van der Waals surface area contributed by atoms with Gasteiger partial charge in [-0.2, -0.15) is 13.2 Å². The summed E-state index contributed by atoms with van der Waals surface area (Å²) in [5.41, 5.74) is 0.557. The molecule has 1 aliphatic rings. The van der Waals surface area contributed by atoms with Gasteiger partial charge in [0, 0.05) is 22.6 Å². The van der Waals surface area contributed by atoms with Gasteiger partial charge in [-0.3, -0.25) is 4.90 Å². The molecule has 0 bridgehead atoms. The summed E-state index contributed by atoms with van der Waals surface area (Å²) in [5, 5.41) is 3.22. The summed E-state index contributed by atoms with van der Waals surface area (Å²) in [4.78, 5) is 1.41. The van der Waals surface area contributed by atoms with E-state index in [4.69, 9.17) is 0 Å². The van der Waals surface area contributed by atoms with E-state index in [0.29, 0.717) is 38.0 Å². The molecule has 1 saturated heterocycles. The van der Waals surface area contributed by atoms with Crippen molar-refractivity contribution in [1.82, 2.24) is 10.2 Å². The molecule has 0 aliphatic carbocycles. The number of rotatable bonds is 4. The molecule has 0 radical (unpaired) electrons. The van der Waals surface area contributed by atoms with Crippen molar-refractivity contribution in [2.45, 2.75) is 31.6 Å². The second-order valence-electron chi connectivity index (χ2n) is 5.28. The number of nitrogens with one attached hydrogen (secondary N) is 1. The summed E-state index contributed by atoms with van der Waals surface area (Å²) < 4.78 is 51.2. The highest BCUT2D eigenvalue weighted by Gasteiger charge is 2.32. The molecule has 1 fully saturated rings. The SMILES string of the molecule is Fc1ccc(Br)cc1CNC1CCN(CC(F)(F)F)CC1. The lowest BCUT2D eigenvalue weighted by Gasteiger charge is -2.32. The Bertz CT molecular complexity index is 471. The topological polar surface area (TPSA) is 15.3 Å². The number of alkyl halides is 3. The zero-order valence-electron chi connectivity index (χ0n) is 11.4. The van der Waals surface area contributed by atoms with E-state index in [2.05, 4.69) is 21.2 Å². The third kappa shape index (κ3) is 5.56. The van der Waals surface area contributed by atoms with Crippen LogP contribution < -0.4 is 5.32 Å². The van der Waals surface area contributed by atoms with Gasteiger partial charge < -0.3 is 5.32 Å². The van der Waals surface area contributed by atoms with E-state index in [-0.39, 0.29) is 11.9 Å². The molecule has 1 aromatic rings. The first-order valence-electron chi connectivity index (χ1n) is 6.80. The molecule has 0 amide bonds. The Hall–Kier alpha value is -0.660. The Kier molecular flexibility index (Phi) is 5.62. The molecule has 0 unspecified atom stereocenters. The molecular weight excluding hydrogens is 352 g/mol. The fourth-order valence-corrected chi connectivity index (χ4v) is 2.89. The fourth-order valence-electron chi connectivity index (χ4n) is 2.48. The van der Waals surface area contributed by atoms with Crippen molar-refractivity contribution in [3.8, 4) is 0 Å². The van der Waals surface area contributed by atoms with Gasteiger partial charge in [0.1, 0.15) is 5.82 Å². The van der Waals surface area contributed by atoms with Crippen molar-refractivity contribution < 1.29 is 17.6 Å². The largest absolute Gasteiger partial charge is 0.401 e. The molecule has 118 valence electrons. The van der Waals surface area contributed by atoms with Gasteiger partial charge in [0.25, 0.3) is 0 Å². The highest BCUT2D eigenvalue weighted by atomic mass is 79.9. The Morgan fingerprint density at radius 3 is 2.52 bits per heavy atom. The third-order valence-electron chi connectivity index (χ3n) is 3.58. The first kappa shape index (κ1) is 16.7. The Morgan fingerprint density at radius 2 is 1.90 bits per heavy atom. The van der Waals surface area contributed by atoms with Gasteiger partial charge >= 0.3 is 6.18 Å². The Labute approximate surface area is 129 Å². The van der Waals surface area contributed by atoms with Crippen molar-refractivity contribution in [3.63, 3.8) is 0 Å². The van der Waals surface area contributed by atoms with Gasteiger partial charge in [-0.1, -0.05) is 15.9 Å². The van der Waals surface area contributed by atoms with Crippen LogP contribution in [0.5, 0.6) is 0 Å². The second-order valence-corrected chi connectivity index (χ2v) is 6.20. The molecule has 0 atom stereocenters. The van der Waals surface area contributed by atoms with Gasteiger partial charge in [-0.05, 0) is 44.1 Å². The summed E-state index contributed by atoms with van der Waals surface area (Å²) in [6.07, 6.45) is -2.85. The van der Waals surface area contributed by atoms with Gasteiger partial charge in [0.05, 0.1) is 6.54 Å². The normalized spacial score (nSPS) is 18.1. The maximum atomic E-state index is 13.6. The minimum absolute atomic E-state index is 0.132. The lowest BCUT2D eigenvalue weighted by Crippen LogP contribution is -2.45. The van der Waals surface area contributed by atoms with Crippen LogP contribution in [-0.4, -0.2) is 36.8 Å². The maximum Gasteiger partial charge on any atom is 0.401 e. The highest BCUT2D eigenvalue weighted by Crippen LogP contribution is 2.20. The van der Waals surface area contributed by atoms with Crippen LogP contribution in [0.25, 0.3) is 0 Å². The summed E-state index contributed by atoms with van der Waals surface area (Å²) in [7, 11) is 0. The van der Waals surface area contributed by atoms with Crippen molar-refractivity contribution >= 4 is 15.9 Å². The summed E-state index contributed by atoms with van der Waals surface area (Å²) in [6.45, 7) is 0.367. The zero-order valence-corrected chi connectivity index (χ0v) is 13.0. The van der Waals surface area contributed by atoms with Crippen molar-refractivity contribution in [2.24, 2.45) is 0 Å². The van der Waals surface area contributed by atoms with E-state index in [0.717, 1.165) is 4.47 Å². The summed E-state index contributed by atoms with van der Waals surface area (Å²) in [5.74, 6) is -0.278. The smallest absolute Gasteiger partial charge is 0.310 e. The highest BCUT2D eigenvalue weighted by molar-refractivity contribution is 9.10. The van der Waals surface area contributed by atoms with Crippen molar-refractivity contribution in [2.75, 3.05) is 19.6 Å². The maximum absolute atomic E-state index is 13.6. The lowest BCUT2D eigenvalue weighted by atomic mass is 10.0. The van der Waals surface area contributed by atoms with Crippen LogP contribution in [0, 0.1) is 5.82 Å². The third-order valence-corrected chi connectivity index (χ3v) is 4.07. The molecule has 1 aromatic carbocycles. The second kappa shape index (κ2) is 7.07. The number of likely N-dealkylation sites (tertiary alicyclic amines) is 1. The molecule has 1 N–H and O–H groups in total. The van der Waals surface area contributed by atoms with E-state index in [1.165, 1.54) is 11.0 Å². The van der Waals surface area contributed by atoms with Crippen LogP contribution >= 0.6 is 15.9 Å². The number of benzene rings is 1. The predicted molar refractivity (Wildman–Crippen MR) is 76.5 cm³/mol. The van der Waals surface area contributed by atoms with Gasteiger partial charge in [-0.15, -0.1) is 0 Å². The van der Waals surface area contributed by atoms with Crippen LogP contribution in [0.3, 0.4) is 0 Å². The van der Waals surface area contributed by atoms with E-state index in [9.17, 15) is 17.6 Å². The van der Waals surface area contributed by atoms with Gasteiger partial charge in [-0.25, -0.2) is 4.39 Å². The average molecular weight is 369 g/mol. The zero-order chi connectivity index (χ0) is 15.5. The molecule has 2 rings (SSSR count). The van der Waals surface area contributed by atoms with Crippen molar-refractivity contribution in [3.05, 3.63) is 34.1 Å². The van der Waals surface area contributed by atoms with Gasteiger partial charge in [0.2, 0.25) is 0 Å². The first-order valence-corrected chi connectivity index (χ1v) is 7.59. The standard InChI is InChI=1S/C14H17BrF4N2/c15-11-1-2-13(16)10(7-11)8-20-12-3-5-21(6-4-12)9-14(17,18)19/h1-2,7,12,20H,3-6,8-9H2. The van der Waals surface area contributed by atoms with Crippen LogP contribution in [0.15, 0.2) is 22.7 Å². The first-order chi connectivity index (χ1) is 9.83. The quantitative estimate of drug-likeness (QED) is 0.815. The molecule has 0 aromatic heterocycles. The van der Waals surface area contributed by atoms with Gasteiger partial charge in [0.15, 0.2) is 0 Å². The molecule has 0 saturated carbocycles. The number of hydrogen-bond donors (Lipinski definition) is 1. The monoisotopic (exact) mass is 368 g/mol. The molecule has 1 heterocycles. The van der Waals surface area contributed by atoms with Crippen LogP contribution in [0.1, 0.15) is 18.4 Å². The number of hydrogen-bond acceptors (Lipinski definition) is 2. The van der Waals surface area contributed by atoms with E-state index < -0.39 is 12.7 Å². The van der Waals surface area contributed by atoms with E-state index in [1.54, 1.807) is 12.1 Å². The fraction of sp³-hybridized carbons (Fsp3) is 0.571. The molecule has 7 heteroatoms. The average Bonchev–Trinajstić information content (AvgIpc) is 2.40. The molecule has 2 nitrogen and oxygen atoms in total. The lowest BCUT2D eigenvalue weighted by molar-refractivity contribution is -0.148. The molecule has 1 aliphatic heterocycles. The Balaban J connectivity index is 1.77. The van der Waals surface area contributed by atoms with E-state index in [1.807, 2.05) is 0 Å². The minimum atomic E-state index is -4.14. The van der Waals surface area contributed by atoms with E-state index >= 15 is 0 Å². The molecular formula is C14H17BrF4N2. The Morgan fingerprint density at radius 1 is 1.24 bits per heavy atom. The van der Waals surface area contributed by atoms with Crippen LogP contribution in [0.4, 0.5) is 17.6 Å². The summed E-state index contributed by atoms with van der Waals surface area (Å²) in [6, 6.07) is 4.87. The number of nitrogens with zero attached hydrogens (tertiary/aromatic N) is 1. The summed E-state index contributed by atoms with van der Waals surface area (Å²) >= 11 is 3.29.